The lowest BCUT2D eigenvalue weighted by Gasteiger charge is -2.22. The van der Waals surface area contributed by atoms with Gasteiger partial charge in [-0.1, -0.05) is 60.1 Å². The lowest BCUT2D eigenvalue weighted by Crippen LogP contribution is -2.27. The summed E-state index contributed by atoms with van der Waals surface area (Å²) >= 11 is 6.06. The predicted octanol–water partition coefficient (Wildman–Crippen LogP) is 7.08. The molecule has 1 N–H and O–H groups in total. The number of imidazole rings is 1. The molecule has 0 fully saturated rings. The molecule has 0 spiro atoms. The third kappa shape index (κ3) is 3.87. The molecule has 5 heteroatoms. The molecule has 0 aliphatic carbocycles. The second kappa shape index (κ2) is 7.40. The van der Waals surface area contributed by atoms with Gasteiger partial charge in [0.1, 0.15) is 11.5 Å². The van der Waals surface area contributed by atoms with Gasteiger partial charge in [0, 0.05) is 27.9 Å². The molecule has 0 amide bonds. The number of nitrogens with one attached hydrogen (secondary N) is 1. The van der Waals surface area contributed by atoms with Crippen LogP contribution in [0.5, 0.6) is 0 Å². The molecule has 0 atom stereocenters. The quantitative estimate of drug-likeness (QED) is 0.335. The fraction of sp³-hybridized carbons (Fsp3) is 0.154. The fourth-order valence-electron chi connectivity index (χ4n) is 3.74. The highest BCUT2D eigenvalue weighted by atomic mass is 35.5. The number of nitrogens with zero attached hydrogens (tertiary/aromatic N) is 3. The van der Waals surface area contributed by atoms with Gasteiger partial charge in [0.15, 0.2) is 5.65 Å². The Bertz CT molecular complexity index is 1400. The van der Waals surface area contributed by atoms with Crippen LogP contribution in [0.1, 0.15) is 20.8 Å². The van der Waals surface area contributed by atoms with Gasteiger partial charge in [0.25, 0.3) is 0 Å². The van der Waals surface area contributed by atoms with E-state index in [1.54, 1.807) is 0 Å². The molecule has 0 bridgehead atoms. The van der Waals surface area contributed by atoms with E-state index in [0.717, 1.165) is 34.0 Å². The predicted molar refractivity (Wildman–Crippen MR) is 130 cm³/mol. The highest BCUT2D eigenvalue weighted by Crippen LogP contribution is 2.33. The van der Waals surface area contributed by atoms with Crippen molar-refractivity contribution in [3.63, 3.8) is 0 Å². The SMILES string of the molecule is CC(C)(C)Nc1c(-c2ccc3ccccc3c2)nc2cnc(-c3ccc(Cl)cc3)cn12. The molecule has 0 aliphatic heterocycles. The summed E-state index contributed by atoms with van der Waals surface area (Å²) in [5.41, 5.74) is 4.52. The highest BCUT2D eigenvalue weighted by Gasteiger charge is 2.20. The highest BCUT2D eigenvalue weighted by molar-refractivity contribution is 6.30. The lowest BCUT2D eigenvalue weighted by molar-refractivity contribution is 0.629. The van der Waals surface area contributed by atoms with Gasteiger partial charge in [-0.3, -0.25) is 9.38 Å². The van der Waals surface area contributed by atoms with E-state index in [1.807, 2.05) is 36.7 Å². The first-order chi connectivity index (χ1) is 14.9. The number of hydrogen-bond acceptors (Lipinski definition) is 3. The molecule has 0 unspecified atom stereocenters. The fourth-order valence-corrected chi connectivity index (χ4v) is 3.86. The minimum absolute atomic E-state index is 0.134. The van der Waals surface area contributed by atoms with Gasteiger partial charge in [0.05, 0.1) is 11.9 Å². The molecule has 4 nitrogen and oxygen atoms in total. The molecule has 3 aromatic carbocycles. The van der Waals surface area contributed by atoms with E-state index >= 15 is 0 Å². The normalized spacial score (nSPS) is 11.9. The lowest BCUT2D eigenvalue weighted by atomic mass is 10.0. The Labute approximate surface area is 186 Å². The molecule has 0 saturated carbocycles. The minimum atomic E-state index is -0.134. The van der Waals surface area contributed by atoms with Crippen molar-refractivity contribution in [1.82, 2.24) is 14.4 Å². The van der Waals surface area contributed by atoms with Crippen molar-refractivity contribution >= 4 is 33.8 Å². The third-order valence-electron chi connectivity index (χ3n) is 5.17. The second-order valence-electron chi connectivity index (χ2n) is 8.75. The van der Waals surface area contributed by atoms with Gasteiger partial charge >= 0.3 is 0 Å². The summed E-state index contributed by atoms with van der Waals surface area (Å²) in [4.78, 5) is 9.59. The smallest absolute Gasteiger partial charge is 0.157 e. The van der Waals surface area contributed by atoms with Crippen molar-refractivity contribution in [2.75, 3.05) is 5.32 Å². The van der Waals surface area contributed by atoms with Gasteiger partial charge < -0.3 is 5.32 Å². The number of hydrogen-bond donors (Lipinski definition) is 1. The Hall–Kier alpha value is -3.37. The number of anilines is 1. The zero-order chi connectivity index (χ0) is 21.6. The third-order valence-corrected chi connectivity index (χ3v) is 5.42. The van der Waals surface area contributed by atoms with Crippen LogP contribution in [-0.2, 0) is 0 Å². The second-order valence-corrected chi connectivity index (χ2v) is 9.19. The van der Waals surface area contributed by atoms with Crippen molar-refractivity contribution in [2.24, 2.45) is 0 Å². The van der Waals surface area contributed by atoms with Crippen LogP contribution in [0.15, 0.2) is 79.1 Å². The largest absolute Gasteiger partial charge is 0.365 e. The van der Waals surface area contributed by atoms with E-state index in [2.05, 4.69) is 77.9 Å². The summed E-state index contributed by atoms with van der Waals surface area (Å²) < 4.78 is 2.09. The average molecular weight is 427 g/mol. The molecule has 0 saturated heterocycles. The monoisotopic (exact) mass is 426 g/mol. The number of benzene rings is 3. The van der Waals surface area contributed by atoms with Crippen molar-refractivity contribution < 1.29 is 0 Å². The standard InChI is InChI=1S/C26H23ClN4/c1-26(2,3)30-25-24(20-9-8-17-6-4-5-7-19(17)14-20)29-23-15-28-22(16-31(23)25)18-10-12-21(27)13-11-18/h4-16,30H,1-3H3. The van der Waals surface area contributed by atoms with Crippen LogP contribution in [0.4, 0.5) is 5.82 Å². The molecular formula is C26H23ClN4. The first kappa shape index (κ1) is 19.6. The summed E-state index contributed by atoms with van der Waals surface area (Å²) in [5.74, 6) is 0.954. The van der Waals surface area contributed by atoms with Crippen LogP contribution < -0.4 is 5.32 Å². The molecule has 0 radical (unpaired) electrons. The van der Waals surface area contributed by atoms with Crippen molar-refractivity contribution in [3.8, 4) is 22.5 Å². The first-order valence-corrected chi connectivity index (χ1v) is 10.7. The maximum absolute atomic E-state index is 6.06. The average Bonchev–Trinajstić information content (AvgIpc) is 3.10. The Kier molecular flexibility index (Phi) is 4.67. The van der Waals surface area contributed by atoms with E-state index < -0.39 is 0 Å². The van der Waals surface area contributed by atoms with E-state index in [1.165, 1.54) is 10.8 Å². The summed E-state index contributed by atoms with van der Waals surface area (Å²) in [5, 5.41) is 6.78. The van der Waals surface area contributed by atoms with Crippen LogP contribution >= 0.6 is 11.6 Å². The van der Waals surface area contributed by atoms with Crippen LogP contribution in [0, 0.1) is 0 Å². The molecule has 5 rings (SSSR count). The Morgan fingerprint density at radius 1 is 0.871 bits per heavy atom. The Morgan fingerprint density at radius 2 is 1.58 bits per heavy atom. The molecule has 31 heavy (non-hydrogen) atoms. The molecule has 5 aromatic rings. The van der Waals surface area contributed by atoms with Crippen LogP contribution in [0.2, 0.25) is 5.02 Å². The van der Waals surface area contributed by atoms with E-state index in [4.69, 9.17) is 16.6 Å². The Balaban J connectivity index is 1.71. The van der Waals surface area contributed by atoms with Crippen LogP contribution in [0.3, 0.4) is 0 Å². The zero-order valence-electron chi connectivity index (χ0n) is 17.7. The number of fused-ring (bicyclic) bond motifs is 2. The molecule has 0 aliphatic rings. The van der Waals surface area contributed by atoms with E-state index in [9.17, 15) is 0 Å². The molecular weight excluding hydrogens is 404 g/mol. The minimum Gasteiger partial charge on any atom is -0.365 e. The number of halogens is 1. The number of rotatable bonds is 3. The molecule has 154 valence electrons. The van der Waals surface area contributed by atoms with E-state index in [0.29, 0.717) is 5.02 Å². The Morgan fingerprint density at radius 3 is 2.32 bits per heavy atom. The maximum atomic E-state index is 6.06. The van der Waals surface area contributed by atoms with Crippen molar-refractivity contribution in [2.45, 2.75) is 26.3 Å². The molecule has 2 heterocycles. The van der Waals surface area contributed by atoms with Crippen LogP contribution in [0.25, 0.3) is 38.9 Å². The summed E-state index contributed by atoms with van der Waals surface area (Å²) in [6.07, 6.45) is 3.85. The summed E-state index contributed by atoms with van der Waals surface area (Å²) in [6.45, 7) is 6.45. The van der Waals surface area contributed by atoms with Crippen LogP contribution in [-0.4, -0.2) is 19.9 Å². The molecule has 2 aromatic heterocycles. The maximum Gasteiger partial charge on any atom is 0.157 e. The topological polar surface area (TPSA) is 42.2 Å². The van der Waals surface area contributed by atoms with Gasteiger partial charge in [-0.25, -0.2) is 4.98 Å². The van der Waals surface area contributed by atoms with Gasteiger partial charge in [-0.2, -0.15) is 0 Å². The van der Waals surface area contributed by atoms with Crippen molar-refractivity contribution in [3.05, 3.63) is 84.1 Å². The van der Waals surface area contributed by atoms with E-state index in [-0.39, 0.29) is 5.54 Å². The summed E-state index contributed by atoms with van der Waals surface area (Å²) in [7, 11) is 0. The number of aromatic nitrogens is 3. The van der Waals surface area contributed by atoms with Gasteiger partial charge in [-0.15, -0.1) is 0 Å². The van der Waals surface area contributed by atoms with Gasteiger partial charge in [0.2, 0.25) is 0 Å². The first-order valence-electron chi connectivity index (χ1n) is 10.3. The van der Waals surface area contributed by atoms with Gasteiger partial charge in [-0.05, 0) is 49.7 Å². The summed E-state index contributed by atoms with van der Waals surface area (Å²) in [6, 6.07) is 22.6. The van der Waals surface area contributed by atoms with Crippen molar-refractivity contribution in [1.29, 1.82) is 0 Å². The zero-order valence-corrected chi connectivity index (χ0v) is 18.5.